The van der Waals surface area contributed by atoms with Gasteiger partial charge in [0.25, 0.3) is 0 Å². The van der Waals surface area contributed by atoms with E-state index in [-0.39, 0.29) is 36.3 Å². The van der Waals surface area contributed by atoms with Gasteiger partial charge < -0.3 is 15.5 Å². The number of anilines is 1. The molecular weight excluding hydrogens is 394 g/mol. The summed E-state index contributed by atoms with van der Waals surface area (Å²) in [6.45, 7) is 12.9. The fraction of sp³-hybridized carbons (Fsp3) is 0.609. The number of piperazine rings is 1. The standard InChI is InChI=1S/C23H37N5O3/c1-17-8-7-9-18(2)22(17)24-19(29)15-27-10-12-28(13-11-27)21(31)16-26(6)14-20(30)25-23(3,4)5/h7-9H,10-16H2,1-6H3,(H,24,29)(H,25,30). The number of hydrogen-bond acceptors (Lipinski definition) is 5. The average molecular weight is 432 g/mol. The molecule has 0 atom stereocenters. The summed E-state index contributed by atoms with van der Waals surface area (Å²) in [4.78, 5) is 42.7. The molecule has 0 saturated carbocycles. The highest BCUT2D eigenvalue weighted by Gasteiger charge is 2.24. The van der Waals surface area contributed by atoms with Gasteiger partial charge >= 0.3 is 0 Å². The number of amides is 3. The summed E-state index contributed by atoms with van der Waals surface area (Å²) in [5, 5.41) is 5.92. The third-order valence-electron chi connectivity index (χ3n) is 5.17. The fourth-order valence-electron chi connectivity index (χ4n) is 3.64. The molecule has 0 unspecified atom stereocenters. The highest BCUT2D eigenvalue weighted by atomic mass is 16.2. The minimum Gasteiger partial charge on any atom is -0.350 e. The zero-order valence-corrected chi connectivity index (χ0v) is 19.7. The zero-order chi connectivity index (χ0) is 23.2. The van der Waals surface area contributed by atoms with Crippen molar-refractivity contribution in [2.75, 3.05) is 58.2 Å². The zero-order valence-electron chi connectivity index (χ0n) is 19.7. The fourth-order valence-corrected chi connectivity index (χ4v) is 3.64. The van der Waals surface area contributed by atoms with Gasteiger partial charge in [-0.2, -0.15) is 0 Å². The predicted molar refractivity (Wildman–Crippen MR) is 123 cm³/mol. The van der Waals surface area contributed by atoms with Crippen LogP contribution in [-0.4, -0.2) is 90.8 Å². The largest absolute Gasteiger partial charge is 0.350 e. The van der Waals surface area contributed by atoms with Crippen LogP contribution in [0.15, 0.2) is 18.2 Å². The molecule has 0 aliphatic carbocycles. The van der Waals surface area contributed by atoms with Crippen LogP contribution in [0, 0.1) is 13.8 Å². The van der Waals surface area contributed by atoms with Gasteiger partial charge in [0, 0.05) is 37.4 Å². The number of rotatable bonds is 7. The second kappa shape index (κ2) is 10.7. The van der Waals surface area contributed by atoms with E-state index < -0.39 is 0 Å². The second-order valence-electron chi connectivity index (χ2n) is 9.44. The Kier molecular flexibility index (Phi) is 8.59. The molecular formula is C23H37N5O3. The second-order valence-corrected chi connectivity index (χ2v) is 9.44. The molecule has 1 aliphatic rings. The molecule has 8 nitrogen and oxygen atoms in total. The number of likely N-dealkylation sites (N-methyl/N-ethyl adjacent to an activating group) is 1. The minimum absolute atomic E-state index is 0.00527. The Morgan fingerprint density at radius 1 is 0.968 bits per heavy atom. The van der Waals surface area contributed by atoms with Crippen LogP contribution >= 0.6 is 0 Å². The first-order valence-electron chi connectivity index (χ1n) is 10.8. The van der Waals surface area contributed by atoms with Crippen molar-refractivity contribution in [2.24, 2.45) is 0 Å². The maximum absolute atomic E-state index is 12.6. The molecule has 2 N–H and O–H groups in total. The molecule has 172 valence electrons. The summed E-state index contributed by atoms with van der Waals surface area (Å²) in [7, 11) is 1.77. The Balaban J connectivity index is 1.74. The third-order valence-corrected chi connectivity index (χ3v) is 5.17. The van der Waals surface area contributed by atoms with Crippen LogP contribution in [0.25, 0.3) is 0 Å². The van der Waals surface area contributed by atoms with Gasteiger partial charge in [-0.3, -0.25) is 24.2 Å². The van der Waals surface area contributed by atoms with E-state index in [0.717, 1.165) is 16.8 Å². The molecule has 1 heterocycles. The normalized spacial score (nSPS) is 15.1. The Bertz CT molecular complexity index is 775. The van der Waals surface area contributed by atoms with Gasteiger partial charge in [-0.05, 0) is 52.8 Å². The molecule has 0 spiro atoms. The van der Waals surface area contributed by atoms with Crippen molar-refractivity contribution in [3.8, 4) is 0 Å². The molecule has 1 aliphatic heterocycles. The van der Waals surface area contributed by atoms with Crippen molar-refractivity contribution in [3.05, 3.63) is 29.3 Å². The van der Waals surface area contributed by atoms with Crippen LogP contribution in [0.2, 0.25) is 0 Å². The van der Waals surface area contributed by atoms with Gasteiger partial charge in [0.2, 0.25) is 17.7 Å². The number of hydrogen-bond donors (Lipinski definition) is 2. The molecule has 1 saturated heterocycles. The lowest BCUT2D eigenvalue weighted by atomic mass is 10.1. The van der Waals surface area contributed by atoms with Gasteiger partial charge in [0.1, 0.15) is 0 Å². The third kappa shape index (κ3) is 8.30. The monoisotopic (exact) mass is 431 g/mol. The van der Waals surface area contributed by atoms with E-state index in [0.29, 0.717) is 32.7 Å². The highest BCUT2D eigenvalue weighted by molar-refractivity contribution is 5.93. The summed E-state index contributed by atoms with van der Waals surface area (Å²) in [6, 6.07) is 5.94. The van der Waals surface area contributed by atoms with E-state index in [2.05, 4.69) is 15.5 Å². The smallest absolute Gasteiger partial charge is 0.238 e. The maximum Gasteiger partial charge on any atom is 0.238 e. The van der Waals surface area contributed by atoms with Crippen LogP contribution in [0.3, 0.4) is 0 Å². The minimum atomic E-state index is -0.289. The molecule has 1 fully saturated rings. The number of carbonyl (C=O) groups is 3. The number of aryl methyl sites for hydroxylation is 2. The van der Waals surface area contributed by atoms with Gasteiger partial charge in [0.15, 0.2) is 0 Å². The quantitative estimate of drug-likeness (QED) is 0.678. The van der Waals surface area contributed by atoms with Crippen LogP contribution in [0.5, 0.6) is 0 Å². The van der Waals surface area contributed by atoms with Crippen LogP contribution < -0.4 is 10.6 Å². The number of nitrogens with one attached hydrogen (secondary N) is 2. The molecule has 8 heteroatoms. The van der Waals surface area contributed by atoms with E-state index in [9.17, 15) is 14.4 Å². The number of nitrogens with zero attached hydrogens (tertiary/aromatic N) is 3. The maximum atomic E-state index is 12.6. The van der Waals surface area contributed by atoms with Crippen LogP contribution in [-0.2, 0) is 14.4 Å². The van der Waals surface area contributed by atoms with E-state index in [1.54, 1.807) is 16.8 Å². The lowest BCUT2D eigenvalue weighted by Crippen LogP contribution is -2.53. The van der Waals surface area contributed by atoms with Crippen LogP contribution in [0.4, 0.5) is 5.69 Å². The van der Waals surface area contributed by atoms with Crippen molar-refractivity contribution in [1.82, 2.24) is 20.0 Å². The number of benzene rings is 1. The molecule has 0 aromatic heterocycles. The van der Waals surface area contributed by atoms with Gasteiger partial charge in [-0.25, -0.2) is 0 Å². The van der Waals surface area contributed by atoms with Crippen molar-refractivity contribution in [3.63, 3.8) is 0 Å². The summed E-state index contributed by atoms with van der Waals surface area (Å²) in [5.74, 6) is -0.130. The first-order chi connectivity index (χ1) is 14.4. The summed E-state index contributed by atoms with van der Waals surface area (Å²) in [5.41, 5.74) is 2.68. The van der Waals surface area contributed by atoms with Gasteiger partial charge in [-0.15, -0.1) is 0 Å². The molecule has 31 heavy (non-hydrogen) atoms. The van der Waals surface area contributed by atoms with Crippen molar-refractivity contribution in [2.45, 2.75) is 40.2 Å². The molecule has 1 aromatic rings. The van der Waals surface area contributed by atoms with E-state index in [4.69, 9.17) is 0 Å². The number of para-hydroxylation sites is 1. The van der Waals surface area contributed by atoms with E-state index in [1.807, 2.05) is 52.8 Å². The average Bonchev–Trinajstić information content (AvgIpc) is 2.63. The van der Waals surface area contributed by atoms with Crippen LogP contribution in [0.1, 0.15) is 31.9 Å². The van der Waals surface area contributed by atoms with Gasteiger partial charge in [-0.1, -0.05) is 18.2 Å². The summed E-state index contributed by atoms with van der Waals surface area (Å²) in [6.07, 6.45) is 0. The lowest BCUT2D eigenvalue weighted by Gasteiger charge is -2.35. The Labute approximate surface area is 185 Å². The first kappa shape index (κ1) is 24.8. The summed E-state index contributed by atoms with van der Waals surface area (Å²) < 4.78 is 0. The highest BCUT2D eigenvalue weighted by Crippen LogP contribution is 2.19. The van der Waals surface area contributed by atoms with Crippen molar-refractivity contribution >= 4 is 23.4 Å². The molecule has 1 aromatic carbocycles. The molecule has 0 radical (unpaired) electrons. The summed E-state index contributed by atoms with van der Waals surface area (Å²) >= 11 is 0. The molecule has 0 bridgehead atoms. The topological polar surface area (TPSA) is 85.0 Å². The van der Waals surface area contributed by atoms with E-state index >= 15 is 0 Å². The number of carbonyl (C=O) groups excluding carboxylic acids is 3. The SMILES string of the molecule is Cc1cccc(C)c1NC(=O)CN1CCN(C(=O)CN(C)CC(=O)NC(C)(C)C)CC1. The Morgan fingerprint density at radius 2 is 1.55 bits per heavy atom. The Morgan fingerprint density at radius 3 is 2.10 bits per heavy atom. The molecule has 2 rings (SSSR count). The predicted octanol–water partition coefficient (Wildman–Crippen LogP) is 1.23. The lowest BCUT2D eigenvalue weighted by molar-refractivity contribution is -0.134. The molecule has 3 amide bonds. The first-order valence-corrected chi connectivity index (χ1v) is 10.8. The van der Waals surface area contributed by atoms with Gasteiger partial charge in [0.05, 0.1) is 19.6 Å². The van der Waals surface area contributed by atoms with E-state index in [1.165, 1.54) is 0 Å². The Hall–Kier alpha value is -2.45. The van der Waals surface area contributed by atoms with Crippen molar-refractivity contribution < 1.29 is 14.4 Å². The van der Waals surface area contributed by atoms with Crippen molar-refractivity contribution in [1.29, 1.82) is 0 Å².